The number of halogens is 1. The minimum absolute atomic E-state index is 0. The van der Waals surface area contributed by atoms with Crippen molar-refractivity contribution in [3.63, 3.8) is 0 Å². The van der Waals surface area contributed by atoms with Crippen molar-refractivity contribution in [1.29, 1.82) is 0 Å². The summed E-state index contributed by atoms with van der Waals surface area (Å²) < 4.78 is 0. The summed E-state index contributed by atoms with van der Waals surface area (Å²) in [4.78, 5) is 24.5. The molecule has 0 aliphatic rings. The number of rotatable bonds is 3. The van der Waals surface area contributed by atoms with Crippen LogP contribution in [0.3, 0.4) is 0 Å². The third kappa shape index (κ3) is 5.50. The zero-order valence-electron chi connectivity index (χ0n) is 14.8. The molecule has 0 heterocycles. The summed E-state index contributed by atoms with van der Waals surface area (Å²) in [5, 5.41) is 5.72. The second kappa shape index (κ2) is 8.03. The fourth-order valence-corrected chi connectivity index (χ4v) is 2.03. The van der Waals surface area contributed by atoms with Gasteiger partial charge in [-0.15, -0.1) is 12.4 Å². The molecule has 2 amide bonds. The minimum Gasteiger partial charge on any atom is -0.399 e. The van der Waals surface area contributed by atoms with E-state index in [1.165, 1.54) is 0 Å². The molecule has 4 N–H and O–H groups in total. The van der Waals surface area contributed by atoms with Crippen molar-refractivity contribution < 1.29 is 9.59 Å². The van der Waals surface area contributed by atoms with Crippen LogP contribution in [0.2, 0.25) is 0 Å². The first-order valence-electron chi connectivity index (χ1n) is 7.76. The number of carbonyl (C=O) groups is 2. The van der Waals surface area contributed by atoms with Crippen LogP contribution in [-0.4, -0.2) is 11.8 Å². The Hall–Kier alpha value is -2.53. The van der Waals surface area contributed by atoms with E-state index in [2.05, 4.69) is 10.6 Å². The van der Waals surface area contributed by atoms with Gasteiger partial charge in [-0.2, -0.15) is 0 Å². The summed E-state index contributed by atoms with van der Waals surface area (Å²) in [6.45, 7) is 7.46. The number of anilines is 3. The Morgan fingerprint density at radius 2 is 1.68 bits per heavy atom. The Balaban J connectivity index is 0.00000312. The van der Waals surface area contributed by atoms with Crippen LogP contribution < -0.4 is 16.4 Å². The van der Waals surface area contributed by atoms with Crippen LogP contribution in [-0.2, 0) is 4.79 Å². The standard InChI is InChI=1S/C19H23N3O2.ClH/c1-12-8-9-15(11-16(12)22-18(24)19(2,3)4)21-17(23)13-6-5-7-14(20)10-13;/h5-11H,20H2,1-4H3,(H,21,23)(H,22,24);1H. The predicted molar refractivity (Wildman–Crippen MR) is 105 cm³/mol. The smallest absolute Gasteiger partial charge is 0.255 e. The molecule has 0 spiro atoms. The zero-order valence-corrected chi connectivity index (χ0v) is 15.7. The van der Waals surface area contributed by atoms with E-state index >= 15 is 0 Å². The molecule has 2 aromatic carbocycles. The summed E-state index contributed by atoms with van der Waals surface area (Å²) in [5.74, 6) is -0.329. The van der Waals surface area contributed by atoms with Crippen molar-refractivity contribution in [2.75, 3.05) is 16.4 Å². The molecule has 134 valence electrons. The van der Waals surface area contributed by atoms with Crippen molar-refractivity contribution in [3.05, 3.63) is 53.6 Å². The average Bonchev–Trinajstić information content (AvgIpc) is 2.49. The molecule has 0 saturated carbocycles. The third-order valence-electron chi connectivity index (χ3n) is 3.57. The zero-order chi connectivity index (χ0) is 17.9. The molecule has 0 atom stereocenters. The second-order valence-electron chi connectivity index (χ2n) is 6.81. The Labute approximate surface area is 154 Å². The van der Waals surface area contributed by atoms with Gasteiger partial charge < -0.3 is 16.4 Å². The highest BCUT2D eigenvalue weighted by Crippen LogP contribution is 2.24. The van der Waals surface area contributed by atoms with E-state index in [4.69, 9.17) is 5.73 Å². The minimum atomic E-state index is -0.493. The molecule has 0 radical (unpaired) electrons. The number of nitrogen functional groups attached to an aromatic ring is 1. The van der Waals surface area contributed by atoms with Gasteiger partial charge in [-0.25, -0.2) is 0 Å². The van der Waals surface area contributed by atoms with E-state index < -0.39 is 5.41 Å². The molecule has 0 saturated heterocycles. The molecular formula is C19H24ClN3O2. The summed E-state index contributed by atoms with van der Waals surface area (Å²) >= 11 is 0. The topological polar surface area (TPSA) is 84.2 Å². The summed E-state index contributed by atoms with van der Waals surface area (Å²) in [5.41, 5.74) is 8.44. The highest BCUT2D eigenvalue weighted by atomic mass is 35.5. The Kier molecular flexibility index (Phi) is 6.59. The maximum atomic E-state index is 12.3. The van der Waals surface area contributed by atoms with Crippen LogP contribution in [0, 0.1) is 12.3 Å². The number of amides is 2. The number of hydrogen-bond acceptors (Lipinski definition) is 3. The molecule has 2 rings (SSSR count). The van der Waals surface area contributed by atoms with Crippen LogP contribution >= 0.6 is 12.4 Å². The van der Waals surface area contributed by atoms with E-state index in [0.717, 1.165) is 5.56 Å². The number of benzene rings is 2. The van der Waals surface area contributed by atoms with Gasteiger partial charge in [0, 0.05) is 28.0 Å². The first-order valence-corrected chi connectivity index (χ1v) is 7.76. The highest BCUT2D eigenvalue weighted by molar-refractivity contribution is 6.05. The van der Waals surface area contributed by atoms with E-state index in [-0.39, 0.29) is 24.2 Å². The van der Waals surface area contributed by atoms with Crippen molar-refractivity contribution in [3.8, 4) is 0 Å². The fraction of sp³-hybridized carbons (Fsp3) is 0.263. The van der Waals surface area contributed by atoms with Crippen molar-refractivity contribution in [2.45, 2.75) is 27.7 Å². The van der Waals surface area contributed by atoms with Gasteiger partial charge in [-0.3, -0.25) is 9.59 Å². The number of aryl methyl sites for hydroxylation is 1. The summed E-state index contributed by atoms with van der Waals surface area (Å²) in [7, 11) is 0. The lowest BCUT2D eigenvalue weighted by Gasteiger charge is -2.19. The van der Waals surface area contributed by atoms with Gasteiger partial charge in [-0.1, -0.05) is 32.9 Å². The molecule has 0 bridgehead atoms. The van der Waals surface area contributed by atoms with Crippen molar-refractivity contribution in [1.82, 2.24) is 0 Å². The molecule has 2 aromatic rings. The van der Waals surface area contributed by atoms with Gasteiger partial charge in [-0.05, 0) is 42.8 Å². The van der Waals surface area contributed by atoms with Crippen LogP contribution in [0.25, 0.3) is 0 Å². The largest absolute Gasteiger partial charge is 0.399 e. The Morgan fingerprint density at radius 3 is 2.28 bits per heavy atom. The third-order valence-corrected chi connectivity index (χ3v) is 3.57. The normalized spacial score (nSPS) is 10.6. The first kappa shape index (κ1) is 20.5. The van der Waals surface area contributed by atoms with Crippen LogP contribution in [0.5, 0.6) is 0 Å². The van der Waals surface area contributed by atoms with E-state index in [9.17, 15) is 9.59 Å². The van der Waals surface area contributed by atoms with E-state index in [0.29, 0.717) is 22.6 Å². The first-order chi connectivity index (χ1) is 11.2. The van der Waals surface area contributed by atoms with Crippen molar-refractivity contribution >= 4 is 41.3 Å². The Morgan fingerprint density at radius 1 is 1.00 bits per heavy atom. The number of nitrogens with one attached hydrogen (secondary N) is 2. The van der Waals surface area contributed by atoms with Gasteiger partial charge in [0.05, 0.1) is 0 Å². The average molecular weight is 362 g/mol. The quantitative estimate of drug-likeness (QED) is 0.715. The van der Waals surface area contributed by atoms with Crippen LogP contribution in [0.1, 0.15) is 36.7 Å². The number of carbonyl (C=O) groups excluding carboxylic acids is 2. The van der Waals surface area contributed by atoms with Gasteiger partial charge >= 0.3 is 0 Å². The maximum absolute atomic E-state index is 12.3. The molecule has 0 aliphatic heterocycles. The van der Waals surface area contributed by atoms with E-state index in [1.807, 2.05) is 33.8 Å². The second-order valence-corrected chi connectivity index (χ2v) is 6.81. The van der Waals surface area contributed by atoms with E-state index in [1.54, 1.807) is 36.4 Å². The lowest BCUT2D eigenvalue weighted by atomic mass is 9.95. The van der Waals surface area contributed by atoms with Gasteiger partial charge in [0.1, 0.15) is 0 Å². The molecule has 0 fully saturated rings. The van der Waals surface area contributed by atoms with Gasteiger partial charge in [0.25, 0.3) is 5.91 Å². The number of hydrogen-bond donors (Lipinski definition) is 3. The monoisotopic (exact) mass is 361 g/mol. The van der Waals surface area contributed by atoms with Gasteiger partial charge in [0.15, 0.2) is 0 Å². The van der Waals surface area contributed by atoms with Crippen LogP contribution in [0.4, 0.5) is 17.1 Å². The summed E-state index contributed by atoms with van der Waals surface area (Å²) in [6.07, 6.45) is 0. The molecule has 25 heavy (non-hydrogen) atoms. The van der Waals surface area contributed by atoms with Crippen LogP contribution in [0.15, 0.2) is 42.5 Å². The molecule has 5 nitrogen and oxygen atoms in total. The SMILES string of the molecule is Cc1ccc(NC(=O)c2cccc(N)c2)cc1NC(=O)C(C)(C)C.Cl. The van der Waals surface area contributed by atoms with Crippen molar-refractivity contribution in [2.24, 2.45) is 5.41 Å². The van der Waals surface area contributed by atoms with Gasteiger partial charge in [0.2, 0.25) is 5.91 Å². The molecule has 0 aliphatic carbocycles. The predicted octanol–water partition coefficient (Wildman–Crippen LogP) is 4.24. The molecular weight excluding hydrogens is 338 g/mol. The molecule has 0 aromatic heterocycles. The lowest BCUT2D eigenvalue weighted by Crippen LogP contribution is -2.28. The highest BCUT2D eigenvalue weighted by Gasteiger charge is 2.21. The fourth-order valence-electron chi connectivity index (χ4n) is 2.03. The number of nitrogens with two attached hydrogens (primary N) is 1. The summed E-state index contributed by atoms with van der Waals surface area (Å²) in [6, 6.07) is 12.2. The molecule has 6 heteroatoms. The Bertz CT molecular complexity index is 782. The maximum Gasteiger partial charge on any atom is 0.255 e. The lowest BCUT2D eigenvalue weighted by molar-refractivity contribution is -0.123. The molecule has 0 unspecified atom stereocenters.